The van der Waals surface area contributed by atoms with Crippen molar-refractivity contribution >= 4 is 23.5 Å². The summed E-state index contributed by atoms with van der Waals surface area (Å²) in [5.41, 5.74) is 6.68. The number of carbonyl (C=O) groups excluding carboxylic acids is 3. The zero-order valence-corrected chi connectivity index (χ0v) is 17.4. The number of piperidine rings is 1. The Kier molecular flexibility index (Phi) is 7.42. The summed E-state index contributed by atoms with van der Waals surface area (Å²) in [6.45, 7) is 0.131. The molecule has 4 amide bonds. The standard InChI is InChI=1S/C21H29F2N5O3/c22-21(23)9-8-18(29)27(14-21)13-15(24)11-19(30)28-10-4-7-17(28)12-25-20(31)26-16-5-2-1-3-6-16/h1-3,5-6,15,17H,4,7-14,24H2,(H2,25,26,31)/t15-,17-/m0/s1. The first-order chi connectivity index (χ1) is 14.7. The Morgan fingerprint density at radius 1 is 1.26 bits per heavy atom. The lowest BCUT2D eigenvalue weighted by Crippen LogP contribution is -2.51. The number of urea groups is 1. The van der Waals surface area contributed by atoms with Gasteiger partial charge in [-0.3, -0.25) is 9.59 Å². The molecule has 0 spiro atoms. The zero-order valence-electron chi connectivity index (χ0n) is 17.4. The summed E-state index contributed by atoms with van der Waals surface area (Å²) in [7, 11) is 0. The minimum atomic E-state index is -2.91. The van der Waals surface area contributed by atoms with Gasteiger partial charge in [-0.25, -0.2) is 13.6 Å². The molecule has 3 rings (SSSR count). The molecule has 2 heterocycles. The Labute approximate surface area is 180 Å². The Morgan fingerprint density at radius 3 is 2.74 bits per heavy atom. The highest BCUT2D eigenvalue weighted by molar-refractivity contribution is 5.89. The average Bonchev–Trinajstić information content (AvgIpc) is 3.18. The van der Waals surface area contributed by atoms with E-state index in [1.165, 1.54) is 0 Å². The van der Waals surface area contributed by atoms with Crippen LogP contribution < -0.4 is 16.4 Å². The minimum Gasteiger partial charge on any atom is -0.338 e. The fraction of sp³-hybridized carbons (Fsp3) is 0.571. The van der Waals surface area contributed by atoms with Crippen LogP contribution in [-0.2, 0) is 9.59 Å². The number of para-hydroxylation sites is 1. The molecule has 0 aliphatic carbocycles. The quantitative estimate of drug-likeness (QED) is 0.604. The van der Waals surface area contributed by atoms with Crippen molar-refractivity contribution in [1.29, 1.82) is 0 Å². The van der Waals surface area contributed by atoms with Gasteiger partial charge < -0.3 is 26.2 Å². The summed E-state index contributed by atoms with van der Waals surface area (Å²) in [5.74, 6) is -3.47. The van der Waals surface area contributed by atoms with Gasteiger partial charge in [-0.2, -0.15) is 0 Å². The van der Waals surface area contributed by atoms with E-state index in [1.54, 1.807) is 17.0 Å². The molecule has 0 saturated carbocycles. The van der Waals surface area contributed by atoms with Crippen molar-refractivity contribution in [3.63, 3.8) is 0 Å². The lowest BCUT2D eigenvalue weighted by atomic mass is 10.0. The van der Waals surface area contributed by atoms with E-state index in [-0.39, 0.29) is 43.3 Å². The van der Waals surface area contributed by atoms with Crippen molar-refractivity contribution in [2.75, 3.05) is 31.5 Å². The van der Waals surface area contributed by atoms with E-state index in [2.05, 4.69) is 10.6 Å². The molecule has 31 heavy (non-hydrogen) atoms. The molecular formula is C21H29F2N5O3. The second kappa shape index (κ2) is 10.0. The van der Waals surface area contributed by atoms with Crippen LogP contribution in [0.1, 0.15) is 32.1 Å². The Morgan fingerprint density at radius 2 is 2.00 bits per heavy atom. The van der Waals surface area contributed by atoms with Gasteiger partial charge in [0.25, 0.3) is 5.92 Å². The number of amides is 4. The third-order valence-electron chi connectivity index (χ3n) is 5.60. The summed E-state index contributed by atoms with van der Waals surface area (Å²) in [6.07, 6.45) is 0.866. The molecule has 2 aliphatic rings. The molecule has 0 aromatic heterocycles. The van der Waals surface area contributed by atoms with Crippen molar-refractivity contribution in [1.82, 2.24) is 15.1 Å². The number of nitrogens with two attached hydrogens (primary N) is 1. The number of rotatable bonds is 7. The van der Waals surface area contributed by atoms with Gasteiger partial charge in [0.15, 0.2) is 0 Å². The van der Waals surface area contributed by atoms with Crippen LogP contribution in [0.4, 0.5) is 19.3 Å². The lowest BCUT2D eigenvalue weighted by molar-refractivity contribution is -0.148. The number of alkyl halides is 2. The normalized spacial score (nSPS) is 21.6. The number of likely N-dealkylation sites (tertiary alicyclic amines) is 2. The number of benzene rings is 1. The highest BCUT2D eigenvalue weighted by Crippen LogP contribution is 2.27. The van der Waals surface area contributed by atoms with Crippen molar-refractivity contribution in [2.45, 2.75) is 50.1 Å². The van der Waals surface area contributed by atoms with Gasteiger partial charge in [0.1, 0.15) is 0 Å². The number of carbonyl (C=O) groups is 3. The summed E-state index contributed by atoms with van der Waals surface area (Å²) in [6, 6.07) is 7.80. The molecule has 0 radical (unpaired) electrons. The molecule has 1 aromatic rings. The lowest BCUT2D eigenvalue weighted by Gasteiger charge is -2.34. The number of nitrogens with one attached hydrogen (secondary N) is 2. The van der Waals surface area contributed by atoms with Gasteiger partial charge in [0.05, 0.1) is 6.54 Å². The van der Waals surface area contributed by atoms with Crippen LogP contribution in [0.3, 0.4) is 0 Å². The molecule has 170 valence electrons. The van der Waals surface area contributed by atoms with Gasteiger partial charge in [-0.1, -0.05) is 18.2 Å². The van der Waals surface area contributed by atoms with Crippen LogP contribution in [0, 0.1) is 0 Å². The molecule has 10 heteroatoms. The highest BCUT2D eigenvalue weighted by atomic mass is 19.3. The van der Waals surface area contributed by atoms with E-state index >= 15 is 0 Å². The second-order valence-electron chi connectivity index (χ2n) is 8.18. The maximum atomic E-state index is 13.6. The monoisotopic (exact) mass is 437 g/mol. The Balaban J connectivity index is 1.45. The fourth-order valence-corrected chi connectivity index (χ4v) is 4.03. The van der Waals surface area contributed by atoms with Gasteiger partial charge in [-0.15, -0.1) is 0 Å². The summed E-state index contributed by atoms with van der Waals surface area (Å²) in [5, 5.41) is 5.51. The van der Waals surface area contributed by atoms with Crippen LogP contribution in [0.5, 0.6) is 0 Å². The Bertz CT molecular complexity index is 792. The molecule has 4 N–H and O–H groups in total. The number of hydrogen-bond donors (Lipinski definition) is 3. The van der Waals surface area contributed by atoms with Crippen LogP contribution in [0.25, 0.3) is 0 Å². The van der Waals surface area contributed by atoms with Gasteiger partial charge in [0, 0.05) is 56.7 Å². The number of hydrogen-bond acceptors (Lipinski definition) is 4. The zero-order chi connectivity index (χ0) is 22.4. The molecule has 2 aliphatic heterocycles. The van der Waals surface area contributed by atoms with Gasteiger partial charge >= 0.3 is 6.03 Å². The number of nitrogens with zero attached hydrogens (tertiary/aromatic N) is 2. The third-order valence-corrected chi connectivity index (χ3v) is 5.60. The predicted octanol–water partition coefficient (Wildman–Crippen LogP) is 1.77. The summed E-state index contributed by atoms with van der Waals surface area (Å²) in [4.78, 5) is 39.4. The minimum absolute atomic E-state index is 0.0396. The predicted molar refractivity (Wildman–Crippen MR) is 112 cm³/mol. The summed E-state index contributed by atoms with van der Waals surface area (Å²) >= 11 is 0. The topological polar surface area (TPSA) is 108 Å². The third kappa shape index (κ3) is 6.61. The van der Waals surface area contributed by atoms with E-state index in [0.717, 1.165) is 17.7 Å². The molecule has 0 bridgehead atoms. The fourth-order valence-electron chi connectivity index (χ4n) is 4.03. The number of halogens is 2. The maximum Gasteiger partial charge on any atom is 0.319 e. The van der Waals surface area contributed by atoms with E-state index < -0.39 is 24.9 Å². The largest absolute Gasteiger partial charge is 0.338 e. The highest BCUT2D eigenvalue weighted by Gasteiger charge is 2.39. The molecule has 2 fully saturated rings. The first kappa shape index (κ1) is 22.9. The van der Waals surface area contributed by atoms with E-state index in [0.29, 0.717) is 18.8 Å². The molecular weight excluding hydrogens is 408 g/mol. The molecule has 2 saturated heterocycles. The summed E-state index contributed by atoms with van der Waals surface area (Å²) < 4.78 is 27.2. The number of anilines is 1. The van der Waals surface area contributed by atoms with Crippen molar-refractivity contribution < 1.29 is 23.2 Å². The Hall–Kier alpha value is -2.75. The molecule has 0 unspecified atom stereocenters. The molecule has 1 aromatic carbocycles. The van der Waals surface area contributed by atoms with E-state index in [9.17, 15) is 23.2 Å². The smallest absolute Gasteiger partial charge is 0.319 e. The van der Waals surface area contributed by atoms with Crippen LogP contribution >= 0.6 is 0 Å². The molecule has 8 nitrogen and oxygen atoms in total. The van der Waals surface area contributed by atoms with Gasteiger partial charge in [0.2, 0.25) is 11.8 Å². The van der Waals surface area contributed by atoms with Crippen molar-refractivity contribution in [2.24, 2.45) is 5.73 Å². The average molecular weight is 437 g/mol. The first-order valence-electron chi connectivity index (χ1n) is 10.5. The molecule has 2 atom stereocenters. The van der Waals surface area contributed by atoms with Crippen LogP contribution in [0.2, 0.25) is 0 Å². The second-order valence-corrected chi connectivity index (χ2v) is 8.18. The SMILES string of the molecule is N[C@@H](CC(=O)N1CCC[C@H]1CNC(=O)Nc1ccccc1)CN1CC(F)(F)CCC1=O. The van der Waals surface area contributed by atoms with Gasteiger partial charge in [-0.05, 0) is 25.0 Å². The van der Waals surface area contributed by atoms with Crippen molar-refractivity contribution in [3.8, 4) is 0 Å². The van der Waals surface area contributed by atoms with Crippen molar-refractivity contribution in [3.05, 3.63) is 30.3 Å². The van der Waals surface area contributed by atoms with E-state index in [4.69, 9.17) is 5.73 Å². The van der Waals surface area contributed by atoms with Crippen LogP contribution in [0.15, 0.2) is 30.3 Å². The van der Waals surface area contributed by atoms with E-state index in [1.807, 2.05) is 18.2 Å². The maximum absolute atomic E-state index is 13.6. The van der Waals surface area contributed by atoms with Crippen LogP contribution in [-0.4, -0.2) is 71.8 Å². The first-order valence-corrected chi connectivity index (χ1v) is 10.5.